The molecule has 0 aliphatic carbocycles. The molecule has 1 rings (SSSR count). The molecule has 0 atom stereocenters. The summed E-state index contributed by atoms with van der Waals surface area (Å²) in [6, 6.07) is 0. The molecule has 0 saturated heterocycles. The van der Waals surface area contributed by atoms with E-state index >= 15 is 0 Å². The van der Waals surface area contributed by atoms with Crippen LogP contribution in [0.15, 0.2) is 29.0 Å². The van der Waals surface area contributed by atoms with Gasteiger partial charge in [0, 0.05) is 12.6 Å². The number of rotatable bonds is 2. The van der Waals surface area contributed by atoms with Crippen LogP contribution >= 0.6 is 0 Å². The summed E-state index contributed by atoms with van der Waals surface area (Å²) in [6.07, 6.45) is 8.74. The Morgan fingerprint density at radius 2 is 2.60 bits per heavy atom. The molecule has 1 amide bonds. The molecule has 1 aliphatic rings. The highest BCUT2D eigenvalue weighted by molar-refractivity contribution is 5.63. The fourth-order valence-corrected chi connectivity index (χ4v) is 0.638. The molecule has 1 aliphatic heterocycles. The van der Waals surface area contributed by atoms with E-state index in [2.05, 4.69) is 10.3 Å². The van der Waals surface area contributed by atoms with Gasteiger partial charge in [-0.2, -0.15) is 0 Å². The predicted molar refractivity (Wildman–Crippen MR) is 39.5 cm³/mol. The van der Waals surface area contributed by atoms with Gasteiger partial charge in [0.05, 0.1) is 0 Å². The van der Waals surface area contributed by atoms with Crippen molar-refractivity contribution in [1.82, 2.24) is 5.32 Å². The predicted octanol–water partition coefficient (Wildman–Crippen LogP) is 0.605. The largest absolute Gasteiger partial charge is 0.313 e. The van der Waals surface area contributed by atoms with E-state index in [0.29, 0.717) is 12.2 Å². The molecule has 1 heterocycles. The average Bonchev–Trinajstić information content (AvgIpc) is 2.17. The van der Waals surface area contributed by atoms with Gasteiger partial charge in [-0.1, -0.05) is 12.2 Å². The lowest BCUT2D eigenvalue weighted by Gasteiger charge is -1.92. The van der Waals surface area contributed by atoms with Crippen molar-refractivity contribution in [1.29, 1.82) is 0 Å². The Morgan fingerprint density at radius 3 is 3.40 bits per heavy atom. The van der Waals surface area contributed by atoms with Crippen molar-refractivity contribution in [2.75, 3.05) is 0 Å². The Bertz CT molecular complexity index is 204. The normalized spacial score (nSPS) is 15.8. The lowest BCUT2D eigenvalue weighted by Crippen LogP contribution is -2.07. The third kappa shape index (κ3) is 1.85. The summed E-state index contributed by atoms with van der Waals surface area (Å²) in [6.45, 7) is 0. The lowest BCUT2D eigenvalue weighted by molar-refractivity contribution is -0.108. The number of amides is 1. The molecule has 0 spiro atoms. The number of nitrogens with zero attached hydrogens (tertiary/aromatic N) is 1. The maximum absolute atomic E-state index is 9.94. The number of aliphatic imine (C=N–C) groups is 1. The number of carbonyl (C=O) groups is 1. The topological polar surface area (TPSA) is 41.5 Å². The third-order valence-electron chi connectivity index (χ3n) is 1.07. The molecule has 1 N–H and O–H groups in total. The molecule has 10 heavy (non-hydrogen) atoms. The molecule has 0 fully saturated rings. The smallest absolute Gasteiger partial charge is 0.212 e. The zero-order valence-corrected chi connectivity index (χ0v) is 5.45. The van der Waals surface area contributed by atoms with E-state index in [-0.39, 0.29) is 0 Å². The SMILES string of the molecule is O=CNC1=CC=CCC=N1. The maximum Gasteiger partial charge on any atom is 0.212 e. The van der Waals surface area contributed by atoms with Gasteiger partial charge in [-0.05, 0) is 6.08 Å². The number of hydrogen-bond donors (Lipinski definition) is 1. The van der Waals surface area contributed by atoms with E-state index in [4.69, 9.17) is 0 Å². The highest BCUT2D eigenvalue weighted by Crippen LogP contribution is 1.95. The van der Waals surface area contributed by atoms with Crippen LogP contribution in [0.5, 0.6) is 0 Å². The van der Waals surface area contributed by atoms with Gasteiger partial charge < -0.3 is 5.32 Å². The summed E-state index contributed by atoms with van der Waals surface area (Å²) >= 11 is 0. The molecule has 0 aromatic rings. The van der Waals surface area contributed by atoms with Gasteiger partial charge >= 0.3 is 0 Å². The molecule has 0 aromatic heterocycles. The monoisotopic (exact) mass is 136 g/mol. The van der Waals surface area contributed by atoms with Gasteiger partial charge in [-0.15, -0.1) is 0 Å². The van der Waals surface area contributed by atoms with Crippen LogP contribution in [0.1, 0.15) is 6.42 Å². The molecule has 0 unspecified atom stereocenters. The van der Waals surface area contributed by atoms with Crippen LogP contribution < -0.4 is 5.32 Å². The summed E-state index contributed by atoms with van der Waals surface area (Å²) in [7, 11) is 0. The maximum atomic E-state index is 9.94. The second-order valence-electron chi connectivity index (χ2n) is 1.79. The Kier molecular flexibility index (Phi) is 2.43. The summed E-state index contributed by atoms with van der Waals surface area (Å²) in [5.74, 6) is 0.587. The number of allylic oxidation sites excluding steroid dienone is 3. The van der Waals surface area contributed by atoms with E-state index in [1.807, 2.05) is 12.2 Å². The quantitative estimate of drug-likeness (QED) is 0.555. The Labute approximate surface area is 59.2 Å². The zero-order chi connectivity index (χ0) is 7.23. The molecule has 3 heteroatoms. The first kappa shape index (κ1) is 6.74. The van der Waals surface area contributed by atoms with Crippen LogP contribution in [0.3, 0.4) is 0 Å². The summed E-state index contributed by atoms with van der Waals surface area (Å²) < 4.78 is 0. The fourth-order valence-electron chi connectivity index (χ4n) is 0.638. The Hall–Kier alpha value is -1.38. The van der Waals surface area contributed by atoms with Crippen LogP contribution in [0.25, 0.3) is 0 Å². The minimum absolute atomic E-state index is 0.587. The Balaban J connectivity index is 2.63. The second-order valence-corrected chi connectivity index (χ2v) is 1.79. The molecule has 0 saturated carbocycles. The van der Waals surface area contributed by atoms with Gasteiger partial charge in [0.15, 0.2) is 0 Å². The second kappa shape index (κ2) is 3.61. The highest BCUT2D eigenvalue weighted by Gasteiger charge is 1.89. The van der Waals surface area contributed by atoms with E-state index < -0.39 is 0 Å². The molecule has 52 valence electrons. The average molecular weight is 136 g/mol. The minimum atomic E-state index is 0.587. The first-order valence-corrected chi connectivity index (χ1v) is 3.03. The van der Waals surface area contributed by atoms with Crippen LogP contribution in [-0.4, -0.2) is 12.6 Å². The van der Waals surface area contributed by atoms with E-state index in [0.717, 1.165) is 6.42 Å². The Morgan fingerprint density at radius 1 is 1.70 bits per heavy atom. The zero-order valence-electron chi connectivity index (χ0n) is 5.45. The van der Waals surface area contributed by atoms with Crippen LogP contribution in [0.2, 0.25) is 0 Å². The standard InChI is InChI=1S/C7H8N2O/c10-6-9-7-4-2-1-3-5-8-7/h1-2,4-6H,3H2,(H,9,10). The number of hydrogen-bond acceptors (Lipinski definition) is 2. The number of nitrogens with one attached hydrogen (secondary N) is 1. The van der Waals surface area contributed by atoms with Crippen LogP contribution in [0, 0.1) is 0 Å². The first-order valence-electron chi connectivity index (χ1n) is 3.03. The van der Waals surface area contributed by atoms with Crippen molar-refractivity contribution in [3.05, 3.63) is 24.0 Å². The summed E-state index contributed by atoms with van der Waals surface area (Å²) in [4.78, 5) is 13.9. The fraction of sp³-hybridized carbons (Fsp3) is 0.143. The van der Waals surface area contributed by atoms with Crippen molar-refractivity contribution < 1.29 is 4.79 Å². The summed E-state index contributed by atoms with van der Waals surface area (Å²) in [5, 5.41) is 2.46. The lowest BCUT2D eigenvalue weighted by atomic mass is 10.4. The van der Waals surface area contributed by atoms with Crippen molar-refractivity contribution in [2.24, 2.45) is 4.99 Å². The van der Waals surface area contributed by atoms with E-state index in [1.54, 1.807) is 12.3 Å². The van der Waals surface area contributed by atoms with Crippen molar-refractivity contribution in [3.63, 3.8) is 0 Å². The van der Waals surface area contributed by atoms with E-state index in [1.165, 1.54) is 0 Å². The van der Waals surface area contributed by atoms with Gasteiger partial charge in [0.25, 0.3) is 0 Å². The summed E-state index contributed by atoms with van der Waals surface area (Å²) in [5.41, 5.74) is 0. The van der Waals surface area contributed by atoms with E-state index in [9.17, 15) is 4.79 Å². The molecular formula is C7H8N2O. The van der Waals surface area contributed by atoms with Crippen molar-refractivity contribution in [3.8, 4) is 0 Å². The van der Waals surface area contributed by atoms with Gasteiger partial charge in [-0.3, -0.25) is 4.79 Å². The molecule has 0 radical (unpaired) electrons. The first-order chi connectivity index (χ1) is 4.93. The molecule has 3 nitrogen and oxygen atoms in total. The molecular weight excluding hydrogens is 128 g/mol. The van der Waals surface area contributed by atoms with Crippen molar-refractivity contribution in [2.45, 2.75) is 6.42 Å². The van der Waals surface area contributed by atoms with Crippen molar-refractivity contribution >= 4 is 12.6 Å². The highest BCUT2D eigenvalue weighted by atomic mass is 16.1. The third-order valence-corrected chi connectivity index (χ3v) is 1.07. The molecule has 0 aromatic carbocycles. The number of carbonyl (C=O) groups excluding carboxylic acids is 1. The molecule has 0 bridgehead atoms. The van der Waals surface area contributed by atoms with Gasteiger partial charge in [-0.25, -0.2) is 4.99 Å². The minimum Gasteiger partial charge on any atom is -0.313 e. The van der Waals surface area contributed by atoms with Crippen LogP contribution in [-0.2, 0) is 4.79 Å². The van der Waals surface area contributed by atoms with Gasteiger partial charge in [0.2, 0.25) is 6.41 Å². The van der Waals surface area contributed by atoms with Gasteiger partial charge in [0.1, 0.15) is 5.82 Å². The van der Waals surface area contributed by atoms with Crippen LogP contribution in [0.4, 0.5) is 0 Å².